The van der Waals surface area contributed by atoms with Crippen LogP contribution >= 0.6 is 0 Å². The molecular weight excluding hydrogens is 615 g/mol. The molecule has 0 aliphatic carbocycles. The number of allylic oxidation sites excluding steroid dienone is 2. The van der Waals surface area contributed by atoms with Crippen molar-refractivity contribution in [3.8, 4) is 0 Å². The quantitative estimate of drug-likeness (QED) is 0.0598. The maximum Gasteiger partial charge on any atom is 0.211 e. The predicted molar refractivity (Wildman–Crippen MR) is 202 cm³/mol. The molecule has 1 aliphatic rings. The number of unbranched alkanes of at least 4 members (excludes halogenated alkanes) is 10. The van der Waals surface area contributed by atoms with E-state index in [0.717, 1.165) is 62.8 Å². The van der Waals surface area contributed by atoms with E-state index < -0.39 is 0 Å². The van der Waals surface area contributed by atoms with Gasteiger partial charge in [0, 0.05) is 38.8 Å². The van der Waals surface area contributed by atoms with E-state index in [1.165, 1.54) is 134 Å². The molecule has 3 heteroatoms. The van der Waals surface area contributed by atoms with Crippen molar-refractivity contribution in [2.75, 3.05) is 0 Å². The van der Waals surface area contributed by atoms with Crippen LogP contribution in [0.2, 0.25) is 0 Å². The Morgan fingerprint density at radius 2 is 0.681 bits per heavy atom. The van der Waals surface area contributed by atoms with Gasteiger partial charge in [-0.25, -0.2) is 4.70 Å². The molecule has 0 bridgehead atoms. The van der Waals surface area contributed by atoms with Gasteiger partial charge >= 0.3 is 0 Å². The Kier molecular flexibility index (Phi) is 20.5. The minimum atomic E-state index is 0. The van der Waals surface area contributed by atoms with Gasteiger partial charge in [-0.2, -0.15) is 0 Å². The monoisotopic (exact) mass is 682 g/mol. The number of hydrogen-bond acceptors (Lipinski definition) is 0. The third-order valence-corrected chi connectivity index (χ3v) is 9.85. The van der Waals surface area contributed by atoms with Gasteiger partial charge in [0.15, 0.2) is 0 Å². The first-order valence-electron chi connectivity index (χ1n) is 19.7. The molecule has 264 valence electrons. The number of rotatable bonds is 24. The average molecular weight is 684 g/mol. The SMILES string of the molecule is CCCCCCCCC1=C(c2cc(CCCC)cc(CCCC)c2)[N+](=[N-])C(c2cc(CCCC)cc(CCCC)c2)=C1CCCC.[Ni]. The molecule has 3 rings (SSSR count). The normalized spacial score (nSPS) is 13.2. The Labute approximate surface area is 300 Å². The molecule has 0 aromatic heterocycles. The Hall–Kier alpha value is -1.99. The van der Waals surface area contributed by atoms with Gasteiger partial charge in [-0.15, -0.1) is 0 Å². The largest absolute Gasteiger partial charge is 0.493 e. The van der Waals surface area contributed by atoms with E-state index in [1.54, 1.807) is 4.70 Å². The van der Waals surface area contributed by atoms with Gasteiger partial charge in [0.25, 0.3) is 0 Å². The summed E-state index contributed by atoms with van der Waals surface area (Å²) < 4.78 is 1.66. The number of aryl methyl sites for hydroxylation is 4. The van der Waals surface area contributed by atoms with Crippen molar-refractivity contribution >= 4 is 11.4 Å². The van der Waals surface area contributed by atoms with Crippen LogP contribution in [0.15, 0.2) is 47.5 Å². The minimum absolute atomic E-state index is 0. The van der Waals surface area contributed by atoms with Crippen LogP contribution in [-0.4, -0.2) is 4.70 Å². The molecule has 0 radical (unpaired) electrons. The van der Waals surface area contributed by atoms with Crippen molar-refractivity contribution in [1.82, 2.24) is 0 Å². The molecular formula is C44H68N2Ni. The van der Waals surface area contributed by atoms with Crippen molar-refractivity contribution < 1.29 is 21.2 Å². The van der Waals surface area contributed by atoms with Crippen LogP contribution in [0.4, 0.5) is 0 Å². The molecule has 47 heavy (non-hydrogen) atoms. The standard InChI is InChI=1S/C44H68N2.Ni/c1-7-13-19-20-21-22-28-42-41(27-18-12-6)43(39-31-35(23-14-8-2)29-36(32-39)24-15-9-3)46(45)44(42)40-33-37(25-16-10-4)30-38(34-40)26-17-11-5;/h29-34H,7-28H2,1-6H3;. The maximum atomic E-state index is 12.5. The fourth-order valence-electron chi connectivity index (χ4n) is 7.12. The zero-order valence-corrected chi connectivity index (χ0v) is 32.2. The summed E-state index contributed by atoms with van der Waals surface area (Å²) in [5, 5.41) is 0. The minimum Gasteiger partial charge on any atom is -0.493 e. The van der Waals surface area contributed by atoms with Crippen molar-refractivity contribution in [3.05, 3.63) is 86.5 Å². The molecule has 0 saturated heterocycles. The van der Waals surface area contributed by atoms with Crippen molar-refractivity contribution in [2.45, 2.75) is 183 Å². The smallest absolute Gasteiger partial charge is 0.211 e. The third-order valence-electron chi connectivity index (χ3n) is 9.85. The summed E-state index contributed by atoms with van der Waals surface area (Å²) >= 11 is 0. The van der Waals surface area contributed by atoms with Crippen molar-refractivity contribution in [1.29, 1.82) is 0 Å². The van der Waals surface area contributed by atoms with Gasteiger partial charge in [-0.05, 0) is 124 Å². The summed E-state index contributed by atoms with van der Waals surface area (Å²) in [6, 6.07) is 14.5. The number of nitrogens with zero attached hydrogens (tertiary/aromatic N) is 2. The van der Waals surface area contributed by atoms with E-state index in [9.17, 15) is 5.53 Å². The topological polar surface area (TPSA) is 25.3 Å². The zero-order valence-electron chi connectivity index (χ0n) is 31.2. The van der Waals surface area contributed by atoms with Gasteiger partial charge in [-0.3, -0.25) is 0 Å². The van der Waals surface area contributed by atoms with Gasteiger partial charge in [0.05, 0.1) is 0 Å². The van der Waals surface area contributed by atoms with Crippen LogP contribution in [0.1, 0.15) is 190 Å². The Morgan fingerprint density at radius 1 is 0.383 bits per heavy atom. The molecule has 0 N–H and O–H groups in total. The summed E-state index contributed by atoms with van der Waals surface area (Å²) in [7, 11) is 0. The zero-order chi connectivity index (χ0) is 33.1. The Morgan fingerprint density at radius 3 is 1.04 bits per heavy atom. The molecule has 0 saturated carbocycles. The van der Waals surface area contributed by atoms with E-state index in [0.29, 0.717) is 0 Å². The summed E-state index contributed by atoms with van der Waals surface area (Å²) in [5.41, 5.74) is 25.5. The fourth-order valence-corrected chi connectivity index (χ4v) is 7.12. The Bertz CT molecular complexity index is 1230. The van der Waals surface area contributed by atoms with Crippen LogP contribution in [0.25, 0.3) is 16.9 Å². The second-order valence-corrected chi connectivity index (χ2v) is 14.1. The van der Waals surface area contributed by atoms with E-state index in [4.69, 9.17) is 0 Å². The number of benzene rings is 2. The van der Waals surface area contributed by atoms with E-state index in [-0.39, 0.29) is 16.5 Å². The molecule has 0 amide bonds. The molecule has 0 spiro atoms. The molecule has 2 nitrogen and oxygen atoms in total. The maximum absolute atomic E-state index is 12.5. The van der Waals surface area contributed by atoms with Gasteiger partial charge in [-0.1, -0.05) is 118 Å². The van der Waals surface area contributed by atoms with Crippen molar-refractivity contribution in [2.24, 2.45) is 0 Å². The average Bonchev–Trinajstić information content (AvgIpc) is 3.35. The summed E-state index contributed by atoms with van der Waals surface area (Å²) in [5.74, 6) is 0. The van der Waals surface area contributed by atoms with E-state index in [1.807, 2.05) is 0 Å². The molecule has 0 atom stereocenters. The summed E-state index contributed by atoms with van der Waals surface area (Å²) in [6.45, 7) is 13.7. The van der Waals surface area contributed by atoms with Gasteiger partial charge in [0.2, 0.25) is 11.4 Å². The second-order valence-electron chi connectivity index (χ2n) is 14.1. The van der Waals surface area contributed by atoms with Crippen molar-refractivity contribution in [3.63, 3.8) is 0 Å². The molecule has 2 aromatic rings. The second kappa shape index (κ2) is 23.4. The van der Waals surface area contributed by atoms with Crippen LogP contribution in [0.5, 0.6) is 0 Å². The molecule has 1 aliphatic heterocycles. The van der Waals surface area contributed by atoms with Gasteiger partial charge in [0.1, 0.15) is 0 Å². The first kappa shape index (κ1) is 41.2. The van der Waals surface area contributed by atoms with Crippen LogP contribution in [0, 0.1) is 0 Å². The van der Waals surface area contributed by atoms with E-state index in [2.05, 4.69) is 77.9 Å². The van der Waals surface area contributed by atoms with Crippen LogP contribution in [-0.2, 0) is 42.2 Å². The van der Waals surface area contributed by atoms with Crippen LogP contribution in [0.3, 0.4) is 0 Å². The first-order valence-corrected chi connectivity index (χ1v) is 19.7. The molecule has 2 aromatic carbocycles. The molecule has 0 fully saturated rings. The molecule has 0 unspecified atom stereocenters. The molecule has 1 heterocycles. The summed E-state index contributed by atoms with van der Waals surface area (Å²) in [4.78, 5) is 0. The van der Waals surface area contributed by atoms with E-state index >= 15 is 0 Å². The summed E-state index contributed by atoms with van der Waals surface area (Å²) in [6.07, 6.45) is 26.2. The Balaban J connectivity index is 0.00000768. The number of hydrogen-bond donors (Lipinski definition) is 0. The van der Waals surface area contributed by atoms with Gasteiger partial charge < -0.3 is 5.53 Å². The first-order chi connectivity index (χ1) is 22.5. The predicted octanol–water partition coefficient (Wildman–Crippen LogP) is 14.2. The van der Waals surface area contributed by atoms with Crippen LogP contribution < -0.4 is 0 Å². The third kappa shape index (κ3) is 12.8. The fraction of sp³-hybridized carbons (Fsp3) is 0.636.